The molecule has 1 aromatic carbocycles. The van der Waals surface area contributed by atoms with Gasteiger partial charge in [0, 0.05) is 13.1 Å². The number of nitrogens with zero attached hydrogens (tertiary/aromatic N) is 2. The number of carbonyl (C=O) groups is 2. The predicted molar refractivity (Wildman–Crippen MR) is 105 cm³/mol. The first kappa shape index (κ1) is 23.4. The van der Waals surface area contributed by atoms with Gasteiger partial charge in [-0.15, -0.1) is 13.2 Å². The maximum Gasteiger partial charge on any atom is 0.573 e. The van der Waals surface area contributed by atoms with Crippen molar-refractivity contribution in [1.29, 1.82) is 0 Å². The van der Waals surface area contributed by atoms with E-state index < -0.39 is 18.0 Å². The molecule has 0 saturated carbocycles. The summed E-state index contributed by atoms with van der Waals surface area (Å²) in [6.07, 6.45) is -1.20. The molecule has 0 bridgehead atoms. The number of nitrogens with one attached hydrogen (secondary N) is 2. The van der Waals surface area contributed by atoms with E-state index >= 15 is 0 Å². The van der Waals surface area contributed by atoms with Crippen LogP contribution in [0, 0.1) is 0 Å². The van der Waals surface area contributed by atoms with Gasteiger partial charge in [-0.2, -0.15) is 0 Å². The highest BCUT2D eigenvalue weighted by Crippen LogP contribution is 2.24. The molecular formula is C20H23F3N4O5. The van der Waals surface area contributed by atoms with Gasteiger partial charge in [-0.3, -0.25) is 9.59 Å². The molecule has 2 N–H and O–H groups in total. The Bertz CT molecular complexity index is 895. The van der Waals surface area contributed by atoms with Crippen LogP contribution in [0.15, 0.2) is 34.9 Å². The summed E-state index contributed by atoms with van der Waals surface area (Å²) in [6.45, 7) is 2.96. The number of hydrogen-bond donors (Lipinski definition) is 2. The molecule has 174 valence electrons. The Morgan fingerprint density at radius 3 is 2.47 bits per heavy atom. The minimum Gasteiger partial charge on any atom is -0.484 e. The van der Waals surface area contributed by atoms with E-state index in [4.69, 9.17) is 9.15 Å². The van der Waals surface area contributed by atoms with Crippen molar-refractivity contribution >= 4 is 11.8 Å². The Morgan fingerprint density at radius 1 is 1.09 bits per heavy atom. The molecule has 2 aromatic rings. The molecule has 0 atom stereocenters. The molecule has 2 heterocycles. The standard InChI is InChI=1S/C20H23F3N4O5/c21-20(22,23)32-15-5-3-14(4-6-15)30-13-17(28)25-11-18-26-16(12-31-18)19(29)24-7-10-27-8-1-2-9-27/h3-6,12H,1-2,7-11,13H2,(H,24,29)(H,25,28). The van der Waals surface area contributed by atoms with E-state index in [1.54, 1.807) is 0 Å². The van der Waals surface area contributed by atoms with E-state index in [0.29, 0.717) is 6.54 Å². The first-order valence-corrected chi connectivity index (χ1v) is 9.99. The number of ether oxygens (including phenoxy) is 2. The number of halogens is 3. The monoisotopic (exact) mass is 456 g/mol. The molecule has 1 aromatic heterocycles. The molecule has 1 fully saturated rings. The van der Waals surface area contributed by atoms with Crippen LogP contribution in [0.5, 0.6) is 11.5 Å². The molecule has 0 unspecified atom stereocenters. The molecule has 12 heteroatoms. The number of amides is 2. The zero-order valence-corrected chi connectivity index (χ0v) is 17.1. The highest BCUT2D eigenvalue weighted by atomic mass is 19.4. The van der Waals surface area contributed by atoms with Gasteiger partial charge < -0.3 is 29.4 Å². The zero-order valence-electron chi connectivity index (χ0n) is 17.1. The van der Waals surface area contributed by atoms with Crippen molar-refractivity contribution < 1.29 is 36.7 Å². The lowest BCUT2D eigenvalue weighted by molar-refractivity contribution is -0.274. The number of benzene rings is 1. The SMILES string of the molecule is O=C(COc1ccc(OC(F)(F)F)cc1)NCc1nc(C(=O)NCCN2CCCC2)co1. The van der Waals surface area contributed by atoms with Crippen molar-refractivity contribution in [1.82, 2.24) is 20.5 Å². The van der Waals surface area contributed by atoms with Crippen LogP contribution in [0.3, 0.4) is 0 Å². The summed E-state index contributed by atoms with van der Waals surface area (Å²) >= 11 is 0. The van der Waals surface area contributed by atoms with Gasteiger partial charge in [-0.25, -0.2) is 4.98 Å². The topological polar surface area (TPSA) is 106 Å². The fraction of sp³-hybridized carbons (Fsp3) is 0.450. The number of aromatic nitrogens is 1. The summed E-state index contributed by atoms with van der Waals surface area (Å²) in [5.74, 6) is -0.910. The Morgan fingerprint density at radius 2 is 1.78 bits per heavy atom. The Balaban J connectivity index is 1.35. The first-order chi connectivity index (χ1) is 15.3. The molecule has 1 saturated heterocycles. The van der Waals surface area contributed by atoms with Crippen LogP contribution in [-0.2, 0) is 11.3 Å². The molecule has 1 aliphatic heterocycles. The summed E-state index contributed by atoms with van der Waals surface area (Å²) in [6, 6.07) is 4.64. The van der Waals surface area contributed by atoms with E-state index in [-0.39, 0.29) is 36.4 Å². The van der Waals surface area contributed by atoms with E-state index in [2.05, 4.69) is 25.3 Å². The molecule has 2 amide bonds. The van der Waals surface area contributed by atoms with Crippen molar-refractivity contribution in [3.63, 3.8) is 0 Å². The Kier molecular flexibility index (Phi) is 7.92. The molecule has 9 nitrogen and oxygen atoms in total. The van der Waals surface area contributed by atoms with Gasteiger partial charge in [-0.05, 0) is 50.2 Å². The number of oxazole rings is 1. The molecule has 32 heavy (non-hydrogen) atoms. The molecule has 0 spiro atoms. The van der Waals surface area contributed by atoms with E-state index in [0.717, 1.165) is 31.8 Å². The quantitative estimate of drug-likeness (QED) is 0.564. The van der Waals surface area contributed by atoms with Gasteiger partial charge in [0.05, 0.1) is 6.54 Å². The lowest BCUT2D eigenvalue weighted by Gasteiger charge is -2.14. The minimum absolute atomic E-state index is 0.0540. The number of hydrogen-bond acceptors (Lipinski definition) is 7. The minimum atomic E-state index is -4.78. The van der Waals surface area contributed by atoms with Crippen molar-refractivity contribution in [3.8, 4) is 11.5 Å². The van der Waals surface area contributed by atoms with Crippen LogP contribution in [0.25, 0.3) is 0 Å². The average molecular weight is 456 g/mol. The van der Waals surface area contributed by atoms with Gasteiger partial charge >= 0.3 is 6.36 Å². The van der Waals surface area contributed by atoms with Crippen molar-refractivity contribution in [3.05, 3.63) is 42.1 Å². The van der Waals surface area contributed by atoms with Crippen LogP contribution < -0.4 is 20.1 Å². The van der Waals surface area contributed by atoms with Crippen LogP contribution in [0.1, 0.15) is 29.2 Å². The molecule has 1 aliphatic rings. The van der Waals surface area contributed by atoms with Crippen molar-refractivity contribution in [2.45, 2.75) is 25.7 Å². The lowest BCUT2D eigenvalue weighted by atomic mass is 10.3. The second-order valence-corrected chi connectivity index (χ2v) is 7.02. The first-order valence-electron chi connectivity index (χ1n) is 9.99. The fourth-order valence-corrected chi connectivity index (χ4v) is 3.03. The second-order valence-electron chi connectivity index (χ2n) is 7.02. The van der Waals surface area contributed by atoms with Crippen molar-refractivity contribution in [2.75, 3.05) is 32.8 Å². The summed E-state index contributed by atoms with van der Waals surface area (Å²) < 4.78 is 50.6. The summed E-state index contributed by atoms with van der Waals surface area (Å²) in [5, 5.41) is 5.29. The summed E-state index contributed by atoms with van der Waals surface area (Å²) in [5.41, 5.74) is 0.119. The van der Waals surface area contributed by atoms with Crippen LogP contribution >= 0.6 is 0 Å². The smallest absolute Gasteiger partial charge is 0.484 e. The Hall–Kier alpha value is -3.28. The second kappa shape index (κ2) is 10.8. The summed E-state index contributed by atoms with van der Waals surface area (Å²) in [7, 11) is 0. The third-order valence-corrected chi connectivity index (χ3v) is 4.56. The van der Waals surface area contributed by atoms with E-state index in [9.17, 15) is 22.8 Å². The normalized spacial score (nSPS) is 14.2. The predicted octanol–water partition coefficient (Wildman–Crippen LogP) is 2.09. The lowest BCUT2D eigenvalue weighted by Crippen LogP contribution is -2.33. The largest absolute Gasteiger partial charge is 0.573 e. The molecule has 3 rings (SSSR count). The molecular weight excluding hydrogens is 433 g/mol. The highest BCUT2D eigenvalue weighted by molar-refractivity contribution is 5.91. The van der Waals surface area contributed by atoms with Crippen LogP contribution in [0.2, 0.25) is 0 Å². The third kappa shape index (κ3) is 7.76. The number of rotatable bonds is 10. The molecule has 0 aliphatic carbocycles. The maximum atomic E-state index is 12.1. The molecule has 0 radical (unpaired) electrons. The van der Waals surface area contributed by atoms with Crippen LogP contribution in [-0.4, -0.2) is 60.8 Å². The van der Waals surface area contributed by atoms with Gasteiger partial charge in [0.15, 0.2) is 12.3 Å². The highest BCUT2D eigenvalue weighted by Gasteiger charge is 2.31. The summed E-state index contributed by atoms with van der Waals surface area (Å²) in [4.78, 5) is 30.3. The number of alkyl halides is 3. The van der Waals surface area contributed by atoms with Gasteiger partial charge in [0.2, 0.25) is 5.89 Å². The van der Waals surface area contributed by atoms with E-state index in [1.165, 1.54) is 31.2 Å². The van der Waals surface area contributed by atoms with Crippen LogP contribution in [0.4, 0.5) is 13.2 Å². The number of likely N-dealkylation sites (tertiary alicyclic amines) is 1. The average Bonchev–Trinajstić information content (AvgIpc) is 3.43. The fourth-order valence-electron chi connectivity index (χ4n) is 3.03. The van der Waals surface area contributed by atoms with E-state index in [1.807, 2.05) is 0 Å². The van der Waals surface area contributed by atoms with Gasteiger partial charge in [0.25, 0.3) is 11.8 Å². The maximum absolute atomic E-state index is 12.1. The number of carbonyl (C=O) groups excluding carboxylic acids is 2. The Labute approximate surface area is 181 Å². The van der Waals surface area contributed by atoms with Crippen molar-refractivity contribution in [2.24, 2.45) is 0 Å². The van der Waals surface area contributed by atoms with Gasteiger partial charge in [0.1, 0.15) is 17.8 Å². The van der Waals surface area contributed by atoms with Gasteiger partial charge in [-0.1, -0.05) is 0 Å². The third-order valence-electron chi connectivity index (χ3n) is 4.56. The zero-order chi connectivity index (χ0) is 23.0.